The first-order chi connectivity index (χ1) is 9.76. The molecule has 0 N–H and O–H groups in total. The van der Waals surface area contributed by atoms with Gasteiger partial charge in [0.1, 0.15) is 11.6 Å². The van der Waals surface area contributed by atoms with Crippen molar-refractivity contribution in [3.05, 3.63) is 29.8 Å². The first-order valence-corrected chi connectivity index (χ1v) is 7.07. The van der Waals surface area contributed by atoms with E-state index < -0.39 is 0 Å². The van der Waals surface area contributed by atoms with Crippen LogP contribution in [0.2, 0.25) is 0 Å². The van der Waals surface area contributed by atoms with Gasteiger partial charge < -0.3 is 14.0 Å². The van der Waals surface area contributed by atoms with Gasteiger partial charge in [0, 0.05) is 32.0 Å². The van der Waals surface area contributed by atoms with Gasteiger partial charge >= 0.3 is 0 Å². The van der Waals surface area contributed by atoms with E-state index in [1.807, 2.05) is 4.57 Å². The Morgan fingerprint density at radius 3 is 2.90 bits per heavy atom. The highest BCUT2D eigenvalue weighted by Crippen LogP contribution is 2.18. The third-order valence-corrected chi connectivity index (χ3v) is 3.19. The lowest BCUT2D eigenvalue weighted by atomic mass is 10.3. The molecule has 0 unspecified atom stereocenters. The molecule has 0 aliphatic heterocycles. The standard InChI is InChI=1S/C14H18ClFN2O2/c1-19-8-9-20-7-6-18-13-3-2-11(16)10-12(13)17-14(18)4-5-15/h2-3,10H,4-9H2,1H3. The number of fused-ring (bicyclic) bond motifs is 1. The van der Waals surface area contributed by atoms with Crippen molar-refractivity contribution in [1.82, 2.24) is 9.55 Å². The molecule has 1 heterocycles. The van der Waals surface area contributed by atoms with E-state index in [0.717, 1.165) is 11.3 Å². The maximum Gasteiger partial charge on any atom is 0.125 e. The third-order valence-electron chi connectivity index (χ3n) is 3.00. The van der Waals surface area contributed by atoms with Crippen molar-refractivity contribution in [3.8, 4) is 0 Å². The van der Waals surface area contributed by atoms with Crippen molar-refractivity contribution in [1.29, 1.82) is 0 Å². The molecule has 2 aromatic rings. The number of methoxy groups -OCH3 is 1. The molecule has 20 heavy (non-hydrogen) atoms. The Morgan fingerprint density at radius 2 is 2.15 bits per heavy atom. The van der Waals surface area contributed by atoms with Crippen molar-refractivity contribution in [3.63, 3.8) is 0 Å². The van der Waals surface area contributed by atoms with Crippen LogP contribution in [0.5, 0.6) is 0 Å². The van der Waals surface area contributed by atoms with Crippen LogP contribution >= 0.6 is 11.6 Å². The van der Waals surface area contributed by atoms with Crippen LogP contribution in [0.4, 0.5) is 4.39 Å². The lowest BCUT2D eigenvalue weighted by molar-refractivity contribution is 0.0667. The van der Waals surface area contributed by atoms with Gasteiger partial charge in [-0.3, -0.25) is 0 Å². The highest BCUT2D eigenvalue weighted by molar-refractivity contribution is 6.17. The number of halogens is 2. The molecule has 6 heteroatoms. The predicted octanol–water partition coefficient (Wildman–Crippen LogP) is 2.62. The van der Waals surface area contributed by atoms with Gasteiger partial charge in [-0.2, -0.15) is 0 Å². The molecular weight excluding hydrogens is 283 g/mol. The lowest BCUT2D eigenvalue weighted by Crippen LogP contribution is -2.12. The maximum atomic E-state index is 13.2. The smallest absolute Gasteiger partial charge is 0.125 e. The lowest BCUT2D eigenvalue weighted by Gasteiger charge is -2.09. The fourth-order valence-electron chi connectivity index (χ4n) is 2.08. The normalized spacial score (nSPS) is 11.3. The summed E-state index contributed by atoms with van der Waals surface area (Å²) in [5.74, 6) is 1.06. The van der Waals surface area contributed by atoms with E-state index in [-0.39, 0.29) is 5.82 Å². The minimum Gasteiger partial charge on any atom is -0.382 e. The molecule has 0 amide bonds. The van der Waals surface area contributed by atoms with Gasteiger partial charge in [0.2, 0.25) is 0 Å². The number of alkyl halides is 1. The molecule has 0 aliphatic rings. The molecule has 1 aromatic carbocycles. The summed E-state index contributed by atoms with van der Waals surface area (Å²) in [6.07, 6.45) is 0.649. The number of imidazole rings is 1. The molecule has 4 nitrogen and oxygen atoms in total. The van der Waals surface area contributed by atoms with E-state index in [0.29, 0.717) is 44.2 Å². The fraction of sp³-hybridized carbons (Fsp3) is 0.500. The SMILES string of the molecule is COCCOCCn1c(CCCl)nc2cc(F)ccc21. The molecule has 0 radical (unpaired) electrons. The number of nitrogens with zero attached hydrogens (tertiary/aromatic N) is 2. The summed E-state index contributed by atoms with van der Waals surface area (Å²) >= 11 is 5.79. The van der Waals surface area contributed by atoms with Crippen molar-refractivity contribution in [2.45, 2.75) is 13.0 Å². The van der Waals surface area contributed by atoms with Gasteiger partial charge in [-0.15, -0.1) is 11.6 Å². The summed E-state index contributed by atoms with van der Waals surface area (Å²) in [7, 11) is 1.64. The molecular formula is C14H18ClFN2O2. The number of rotatable bonds is 8. The summed E-state index contributed by atoms with van der Waals surface area (Å²) in [4.78, 5) is 4.44. The van der Waals surface area contributed by atoms with Gasteiger partial charge in [0.15, 0.2) is 0 Å². The monoisotopic (exact) mass is 300 g/mol. The molecule has 0 saturated carbocycles. The Morgan fingerprint density at radius 1 is 1.30 bits per heavy atom. The summed E-state index contributed by atoms with van der Waals surface area (Å²) < 4.78 is 25.7. The second-order valence-corrected chi connectivity index (χ2v) is 4.73. The largest absolute Gasteiger partial charge is 0.382 e. The zero-order valence-electron chi connectivity index (χ0n) is 11.4. The number of hydrogen-bond acceptors (Lipinski definition) is 3. The number of ether oxygens (including phenoxy) is 2. The molecule has 0 saturated heterocycles. The first-order valence-electron chi connectivity index (χ1n) is 6.53. The predicted molar refractivity (Wildman–Crippen MR) is 76.8 cm³/mol. The average Bonchev–Trinajstić information content (AvgIpc) is 2.76. The summed E-state index contributed by atoms with van der Waals surface area (Å²) in [5, 5.41) is 0. The maximum absolute atomic E-state index is 13.2. The Kier molecular flexibility index (Phi) is 5.76. The van der Waals surface area contributed by atoms with Crippen LogP contribution in [0.1, 0.15) is 5.82 Å². The van der Waals surface area contributed by atoms with Crippen molar-refractivity contribution >= 4 is 22.6 Å². The Hall–Kier alpha value is -1.17. The minimum atomic E-state index is -0.282. The molecule has 0 spiro atoms. The van der Waals surface area contributed by atoms with Crippen LogP contribution in [-0.2, 0) is 22.4 Å². The molecule has 1 aromatic heterocycles. The molecule has 0 bridgehead atoms. The number of hydrogen-bond donors (Lipinski definition) is 0. The Bertz CT molecular complexity index is 559. The van der Waals surface area contributed by atoms with E-state index in [9.17, 15) is 4.39 Å². The highest BCUT2D eigenvalue weighted by Gasteiger charge is 2.10. The van der Waals surface area contributed by atoms with E-state index in [1.165, 1.54) is 12.1 Å². The Balaban J connectivity index is 2.13. The molecule has 110 valence electrons. The highest BCUT2D eigenvalue weighted by atomic mass is 35.5. The van der Waals surface area contributed by atoms with Gasteiger partial charge in [0.05, 0.1) is 30.9 Å². The van der Waals surface area contributed by atoms with E-state index in [4.69, 9.17) is 21.1 Å². The molecule has 0 atom stereocenters. The third kappa shape index (κ3) is 3.69. The quantitative estimate of drug-likeness (QED) is 0.555. The second kappa shape index (κ2) is 7.57. The molecule has 0 aliphatic carbocycles. The summed E-state index contributed by atoms with van der Waals surface area (Å²) in [5.41, 5.74) is 1.56. The van der Waals surface area contributed by atoms with E-state index in [1.54, 1.807) is 13.2 Å². The van der Waals surface area contributed by atoms with Gasteiger partial charge in [-0.1, -0.05) is 0 Å². The number of aryl methyl sites for hydroxylation is 1. The van der Waals surface area contributed by atoms with Crippen LogP contribution in [0.15, 0.2) is 18.2 Å². The van der Waals surface area contributed by atoms with E-state index in [2.05, 4.69) is 4.98 Å². The zero-order chi connectivity index (χ0) is 14.4. The van der Waals surface area contributed by atoms with E-state index >= 15 is 0 Å². The van der Waals surface area contributed by atoms with Crippen LogP contribution in [0.3, 0.4) is 0 Å². The van der Waals surface area contributed by atoms with Crippen LogP contribution in [0.25, 0.3) is 11.0 Å². The van der Waals surface area contributed by atoms with Crippen LogP contribution < -0.4 is 0 Å². The first kappa shape index (κ1) is 15.2. The average molecular weight is 301 g/mol. The summed E-state index contributed by atoms with van der Waals surface area (Å²) in [6, 6.07) is 4.62. The summed E-state index contributed by atoms with van der Waals surface area (Å²) in [6.45, 7) is 2.35. The fourth-order valence-corrected chi connectivity index (χ4v) is 2.25. The van der Waals surface area contributed by atoms with Crippen molar-refractivity contribution < 1.29 is 13.9 Å². The van der Waals surface area contributed by atoms with Crippen LogP contribution in [-0.4, -0.2) is 42.4 Å². The number of aromatic nitrogens is 2. The number of benzene rings is 1. The van der Waals surface area contributed by atoms with Crippen LogP contribution in [0, 0.1) is 5.82 Å². The van der Waals surface area contributed by atoms with Gasteiger partial charge in [-0.25, -0.2) is 9.37 Å². The molecule has 0 fully saturated rings. The second-order valence-electron chi connectivity index (χ2n) is 4.36. The van der Waals surface area contributed by atoms with Crippen molar-refractivity contribution in [2.24, 2.45) is 0 Å². The van der Waals surface area contributed by atoms with Gasteiger partial charge in [-0.05, 0) is 12.1 Å². The van der Waals surface area contributed by atoms with Crippen molar-refractivity contribution in [2.75, 3.05) is 32.8 Å². The zero-order valence-corrected chi connectivity index (χ0v) is 12.2. The minimum absolute atomic E-state index is 0.282. The van der Waals surface area contributed by atoms with Gasteiger partial charge in [0.25, 0.3) is 0 Å². The Labute approximate surface area is 122 Å². The topological polar surface area (TPSA) is 36.3 Å². The molecule has 2 rings (SSSR count).